The number of para-hydroxylation sites is 1. The minimum atomic E-state index is -0.331. The molecule has 0 bridgehead atoms. The first-order chi connectivity index (χ1) is 8.81. The van der Waals surface area contributed by atoms with Gasteiger partial charge in [0, 0.05) is 6.20 Å². The van der Waals surface area contributed by atoms with E-state index in [1.54, 1.807) is 19.2 Å². The highest BCUT2D eigenvalue weighted by Gasteiger charge is 2.13. The smallest absolute Gasteiger partial charge is 0.340 e. The summed E-state index contributed by atoms with van der Waals surface area (Å²) in [5, 5.41) is 0. The maximum Gasteiger partial charge on any atom is 0.340 e. The second-order valence-electron chi connectivity index (χ2n) is 3.96. The Kier molecular flexibility index (Phi) is 2.48. The molecule has 3 rings (SSSR count). The molecule has 2 aromatic heterocycles. The molecular formula is C14H12N2O2. The van der Waals surface area contributed by atoms with Gasteiger partial charge in [-0.25, -0.2) is 4.79 Å². The number of carbonyl (C=O) groups is 1. The standard InChI is InChI=1S/C14H12N2O2/c1-2-18-14(17)11-6-3-7-12-13(11)15-9-10-5-4-8-16(10)12/h3-9H,2H2,1H3. The van der Waals surface area contributed by atoms with E-state index >= 15 is 0 Å². The second-order valence-corrected chi connectivity index (χ2v) is 3.96. The largest absolute Gasteiger partial charge is 0.462 e. The van der Waals surface area contributed by atoms with Crippen molar-refractivity contribution in [3.63, 3.8) is 0 Å². The fraction of sp³-hybridized carbons (Fsp3) is 0.143. The lowest BCUT2D eigenvalue weighted by molar-refractivity contribution is 0.0528. The molecule has 0 unspecified atom stereocenters. The van der Waals surface area contributed by atoms with Crippen LogP contribution in [-0.4, -0.2) is 22.0 Å². The Hall–Kier alpha value is -2.36. The maximum atomic E-state index is 11.9. The van der Waals surface area contributed by atoms with Crippen molar-refractivity contribution < 1.29 is 9.53 Å². The van der Waals surface area contributed by atoms with Gasteiger partial charge >= 0.3 is 5.97 Å². The molecule has 4 heteroatoms. The minimum absolute atomic E-state index is 0.331. The summed E-state index contributed by atoms with van der Waals surface area (Å²) in [6.07, 6.45) is 3.71. The zero-order valence-electron chi connectivity index (χ0n) is 9.96. The number of benzene rings is 1. The monoisotopic (exact) mass is 240 g/mol. The van der Waals surface area contributed by atoms with Crippen molar-refractivity contribution >= 4 is 22.5 Å². The van der Waals surface area contributed by atoms with E-state index < -0.39 is 0 Å². The summed E-state index contributed by atoms with van der Waals surface area (Å²) in [6, 6.07) is 9.45. The molecule has 0 saturated carbocycles. The molecule has 90 valence electrons. The van der Waals surface area contributed by atoms with Gasteiger partial charge in [0.2, 0.25) is 0 Å². The van der Waals surface area contributed by atoms with E-state index in [0.29, 0.717) is 17.7 Å². The van der Waals surface area contributed by atoms with Crippen LogP contribution in [0.3, 0.4) is 0 Å². The van der Waals surface area contributed by atoms with Gasteiger partial charge in [0.15, 0.2) is 0 Å². The molecule has 2 heterocycles. The predicted octanol–water partition coefficient (Wildman–Crippen LogP) is 2.66. The molecule has 0 radical (unpaired) electrons. The van der Waals surface area contributed by atoms with Gasteiger partial charge in [-0.15, -0.1) is 0 Å². The number of esters is 1. The summed E-state index contributed by atoms with van der Waals surface area (Å²) in [5.41, 5.74) is 3.08. The number of aromatic nitrogens is 2. The first kappa shape index (κ1) is 10.8. The lowest BCUT2D eigenvalue weighted by Crippen LogP contribution is -2.06. The summed E-state index contributed by atoms with van der Waals surface area (Å²) < 4.78 is 7.05. The first-order valence-corrected chi connectivity index (χ1v) is 5.83. The van der Waals surface area contributed by atoms with Crippen LogP contribution in [0.15, 0.2) is 42.7 Å². The highest BCUT2D eigenvalue weighted by Crippen LogP contribution is 2.19. The topological polar surface area (TPSA) is 43.6 Å². The Labute approximate surface area is 104 Å². The molecule has 18 heavy (non-hydrogen) atoms. The second kappa shape index (κ2) is 4.14. The zero-order chi connectivity index (χ0) is 12.5. The van der Waals surface area contributed by atoms with Gasteiger partial charge in [0.25, 0.3) is 0 Å². The molecule has 0 atom stereocenters. The van der Waals surface area contributed by atoms with E-state index in [2.05, 4.69) is 4.98 Å². The van der Waals surface area contributed by atoms with Crippen molar-refractivity contribution in [3.8, 4) is 0 Å². The molecule has 0 fully saturated rings. The SMILES string of the molecule is CCOC(=O)c1cccc2c1ncc1cccn12. The van der Waals surface area contributed by atoms with Crippen molar-refractivity contribution in [3.05, 3.63) is 48.3 Å². The lowest BCUT2D eigenvalue weighted by atomic mass is 10.1. The van der Waals surface area contributed by atoms with Crippen LogP contribution in [0.1, 0.15) is 17.3 Å². The Morgan fingerprint density at radius 3 is 3.06 bits per heavy atom. The predicted molar refractivity (Wildman–Crippen MR) is 68.7 cm³/mol. The molecule has 3 aromatic rings. The highest BCUT2D eigenvalue weighted by atomic mass is 16.5. The average molecular weight is 240 g/mol. The van der Waals surface area contributed by atoms with Crippen LogP contribution in [0, 0.1) is 0 Å². The van der Waals surface area contributed by atoms with Crippen molar-refractivity contribution in [1.82, 2.24) is 9.38 Å². The van der Waals surface area contributed by atoms with E-state index in [0.717, 1.165) is 11.0 Å². The molecule has 0 aliphatic heterocycles. The average Bonchev–Trinajstić information content (AvgIpc) is 2.86. The van der Waals surface area contributed by atoms with Crippen LogP contribution < -0.4 is 0 Å². The van der Waals surface area contributed by atoms with Crippen molar-refractivity contribution in [1.29, 1.82) is 0 Å². The zero-order valence-corrected chi connectivity index (χ0v) is 9.96. The number of fused-ring (bicyclic) bond motifs is 3. The summed E-state index contributed by atoms with van der Waals surface area (Å²) in [5.74, 6) is -0.331. The molecular weight excluding hydrogens is 228 g/mol. The van der Waals surface area contributed by atoms with Crippen LogP contribution in [-0.2, 0) is 4.74 Å². The Balaban J connectivity index is 2.30. The van der Waals surface area contributed by atoms with Gasteiger partial charge in [-0.05, 0) is 31.2 Å². The molecule has 4 nitrogen and oxygen atoms in total. The highest BCUT2D eigenvalue weighted by molar-refractivity contribution is 6.02. The third kappa shape index (κ3) is 1.54. The van der Waals surface area contributed by atoms with Crippen molar-refractivity contribution in [2.24, 2.45) is 0 Å². The molecule has 1 aromatic carbocycles. The van der Waals surface area contributed by atoms with Gasteiger partial charge in [-0.2, -0.15) is 0 Å². The molecule has 0 aliphatic rings. The maximum absolute atomic E-state index is 11.9. The number of hydrogen-bond acceptors (Lipinski definition) is 3. The van der Waals surface area contributed by atoms with E-state index in [4.69, 9.17) is 4.74 Å². The third-order valence-corrected chi connectivity index (χ3v) is 2.88. The third-order valence-electron chi connectivity index (χ3n) is 2.88. The molecule has 0 aliphatic carbocycles. The first-order valence-electron chi connectivity index (χ1n) is 5.83. The Bertz CT molecular complexity index is 731. The van der Waals surface area contributed by atoms with Crippen molar-refractivity contribution in [2.45, 2.75) is 6.92 Å². The molecule has 0 saturated heterocycles. The normalized spacial score (nSPS) is 10.9. The van der Waals surface area contributed by atoms with Crippen molar-refractivity contribution in [2.75, 3.05) is 6.61 Å². The van der Waals surface area contributed by atoms with E-state index in [1.165, 1.54) is 0 Å². The fourth-order valence-corrected chi connectivity index (χ4v) is 2.08. The number of hydrogen-bond donors (Lipinski definition) is 0. The lowest BCUT2D eigenvalue weighted by Gasteiger charge is -2.07. The van der Waals surface area contributed by atoms with E-state index in [1.807, 2.05) is 34.9 Å². The van der Waals surface area contributed by atoms with E-state index in [9.17, 15) is 4.79 Å². The Morgan fingerprint density at radius 1 is 1.33 bits per heavy atom. The summed E-state index contributed by atoms with van der Waals surface area (Å²) in [6.45, 7) is 2.15. The van der Waals surface area contributed by atoms with Gasteiger partial charge in [0.05, 0.1) is 29.4 Å². The minimum Gasteiger partial charge on any atom is -0.462 e. The molecule has 0 spiro atoms. The quantitative estimate of drug-likeness (QED) is 0.647. The van der Waals surface area contributed by atoms with Crippen LogP contribution in [0.25, 0.3) is 16.6 Å². The van der Waals surface area contributed by atoms with E-state index in [-0.39, 0.29) is 5.97 Å². The fourth-order valence-electron chi connectivity index (χ4n) is 2.08. The van der Waals surface area contributed by atoms with Crippen LogP contribution in [0.5, 0.6) is 0 Å². The molecule has 0 amide bonds. The van der Waals surface area contributed by atoms with Gasteiger partial charge < -0.3 is 9.14 Å². The summed E-state index contributed by atoms with van der Waals surface area (Å²) in [4.78, 5) is 16.2. The van der Waals surface area contributed by atoms with Crippen LogP contribution >= 0.6 is 0 Å². The van der Waals surface area contributed by atoms with Crippen LogP contribution in [0.4, 0.5) is 0 Å². The summed E-state index contributed by atoms with van der Waals surface area (Å²) >= 11 is 0. The number of ether oxygens (including phenoxy) is 1. The van der Waals surface area contributed by atoms with Gasteiger partial charge in [-0.1, -0.05) is 6.07 Å². The van der Waals surface area contributed by atoms with Crippen LogP contribution in [0.2, 0.25) is 0 Å². The number of carbonyl (C=O) groups excluding carboxylic acids is 1. The number of rotatable bonds is 2. The van der Waals surface area contributed by atoms with Gasteiger partial charge in [-0.3, -0.25) is 4.98 Å². The number of nitrogens with zero attached hydrogens (tertiary/aromatic N) is 2. The molecule has 0 N–H and O–H groups in total. The van der Waals surface area contributed by atoms with Gasteiger partial charge in [0.1, 0.15) is 5.52 Å². The Morgan fingerprint density at radius 2 is 2.22 bits per heavy atom. The summed E-state index contributed by atoms with van der Waals surface area (Å²) in [7, 11) is 0.